The fourth-order valence-electron chi connectivity index (χ4n) is 8.18. The van der Waals surface area contributed by atoms with Crippen LogP contribution in [0.25, 0.3) is 0 Å². The fraction of sp³-hybridized carbons (Fsp3) is 0.600. The molecule has 0 radical (unpaired) electrons. The van der Waals surface area contributed by atoms with E-state index in [1.807, 2.05) is 9.80 Å². The van der Waals surface area contributed by atoms with Crippen molar-refractivity contribution in [3.8, 4) is 6.01 Å². The van der Waals surface area contributed by atoms with Gasteiger partial charge < -0.3 is 20.7 Å². The van der Waals surface area contributed by atoms with Crippen molar-refractivity contribution in [3.05, 3.63) is 51.5 Å². The summed E-state index contributed by atoms with van der Waals surface area (Å²) >= 11 is 0. The first-order valence-corrected chi connectivity index (χ1v) is 17.1. The molecule has 0 spiro atoms. The van der Waals surface area contributed by atoms with Gasteiger partial charge in [0.2, 0.25) is 0 Å². The molecule has 16 heteroatoms. The first-order valence-electron chi connectivity index (χ1n) is 15.3. The van der Waals surface area contributed by atoms with Gasteiger partial charge in [-0.1, -0.05) is 0 Å². The van der Waals surface area contributed by atoms with Crippen LogP contribution in [0.15, 0.2) is 17.7 Å². The second kappa shape index (κ2) is 11.0. The SMILES string of the molecule is Cc1cc(N)c(F)c([C@H]2Cc3nc(OC[C@@]45CCCN4CC(=C(F)F)C5)nc(N4CC5CCC(C4)N5)c3CS2(=O)=O)c1C(F)(F)F. The van der Waals surface area contributed by atoms with Crippen LogP contribution < -0.4 is 20.7 Å². The summed E-state index contributed by atoms with van der Waals surface area (Å²) < 4.78 is 119. The summed E-state index contributed by atoms with van der Waals surface area (Å²) in [5.41, 5.74) is 2.12. The molecular formula is C30H34F6N6O3S. The molecule has 1 aromatic heterocycles. The number of hydrogen-bond acceptors (Lipinski definition) is 9. The molecule has 7 rings (SSSR count). The molecule has 4 saturated heterocycles. The van der Waals surface area contributed by atoms with Gasteiger partial charge in [-0.2, -0.15) is 31.9 Å². The second-order valence-corrected chi connectivity index (χ2v) is 15.4. The van der Waals surface area contributed by atoms with Gasteiger partial charge in [0.1, 0.15) is 12.4 Å². The Kier molecular flexibility index (Phi) is 7.51. The van der Waals surface area contributed by atoms with Crippen LogP contribution >= 0.6 is 0 Å². The van der Waals surface area contributed by atoms with Crippen LogP contribution in [-0.2, 0) is 28.2 Å². The summed E-state index contributed by atoms with van der Waals surface area (Å²) in [4.78, 5) is 13.1. The van der Waals surface area contributed by atoms with Gasteiger partial charge in [-0.3, -0.25) is 4.90 Å². The molecule has 250 valence electrons. The predicted octanol–water partition coefficient (Wildman–Crippen LogP) is 4.45. The average Bonchev–Trinajstić information content (AvgIpc) is 3.63. The van der Waals surface area contributed by atoms with Gasteiger partial charge in [0, 0.05) is 54.8 Å². The highest BCUT2D eigenvalue weighted by Gasteiger charge is 2.49. The lowest BCUT2D eigenvalue weighted by Gasteiger charge is -2.37. The number of sulfone groups is 1. The highest BCUT2D eigenvalue weighted by atomic mass is 32.2. The Labute approximate surface area is 262 Å². The number of nitrogens with zero attached hydrogens (tertiary/aromatic N) is 4. The lowest BCUT2D eigenvalue weighted by atomic mass is 9.93. The number of aromatic nitrogens is 2. The summed E-state index contributed by atoms with van der Waals surface area (Å²) in [5.74, 6) is -1.82. The topological polar surface area (TPSA) is 114 Å². The first-order chi connectivity index (χ1) is 21.6. The van der Waals surface area contributed by atoms with E-state index in [2.05, 4.69) is 15.3 Å². The van der Waals surface area contributed by atoms with Gasteiger partial charge in [0.25, 0.3) is 6.08 Å². The third-order valence-corrected chi connectivity index (χ3v) is 12.2. The number of anilines is 2. The Bertz CT molecular complexity index is 1720. The van der Waals surface area contributed by atoms with Gasteiger partial charge in [-0.15, -0.1) is 0 Å². The first kappa shape index (κ1) is 31.5. The van der Waals surface area contributed by atoms with E-state index in [9.17, 15) is 30.4 Å². The molecule has 4 fully saturated rings. The molecule has 5 aliphatic rings. The molecule has 3 N–H and O–H groups in total. The number of fused-ring (bicyclic) bond motifs is 4. The molecule has 9 nitrogen and oxygen atoms in total. The van der Waals surface area contributed by atoms with Crippen molar-refractivity contribution in [1.82, 2.24) is 20.2 Å². The Morgan fingerprint density at radius 2 is 1.91 bits per heavy atom. The molecule has 6 heterocycles. The van der Waals surface area contributed by atoms with E-state index in [0.717, 1.165) is 32.3 Å². The van der Waals surface area contributed by atoms with E-state index >= 15 is 4.39 Å². The maximum Gasteiger partial charge on any atom is 0.417 e. The smallest absolute Gasteiger partial charge is 0.417 e. The number of rotatable bonds is 5. The van der Waals surface area contributed by atoms with Crippen molar-refractivity contribution in [2.45, 2.75) is 80.3 Å². The summed E-state index contributed by atoms with van der Waals surface area (Å²) in [6.07, 6.45) is -3.91. The largest absolute Gasteiger partial charge is 0.461 e. The van der Waals surface area contributed by atoms with E-state index in [1.165, 1.54) is 0 Å². The van der Waals surface area contributed by atoms with Crippen molar-refractivity contribution < 1.29 is 39.5 Å². The zero-order chi connectivity index (χ0) is 32.8. The Hall–Kier alpha value is -3.11. The Morgan fingerprint density at radius 3 is 2.59 bits per heavy atom. The van der Waals surface area contributed by atoms with Crippen molar-refractivity contribution in [2.75, 3.05) is 43.4 Å². The molecule has 2 aromatic rings. The number of nitrogen functional groups attached to an aromatic ring is 1. The third-order valence-electron chi connectivity index (χ3n) is 10.3. The summed E-state index contributed by atoms with van der Waals surface area (Å²) in [6.45, 7) is 2.92. The molecule has 0 aliphatic carbocycles. The minimum Gasteiger partial charge on any atom is -0.461 e. The lowest BCUT2D eigenvalue weighted by molar-refractivity contribution is -0.138. The van der Waals surface area contributed by atoms with Gasteiger partial charge >= 0.3 is 12.2 Å². The molecule has 1 aromatic carbocycles. The van der Waals surface area contributed by atoms with Crippen molar-refractivity contribution in [2.24, 2.45) is 0 Å². The molecule has 2 bridgehead atoms. The standard InChI is InChI=1S/C30H34F6N6O3S/c1-15-7-20(37)25(31)23(24(15)30(34,35)36)22-8-21-19(13-46(22,43)44)27(41-11-17-3-4-18(12-41)38-17)40-28(39-21)45-14-29-5-2-6-42(29)10-16(9-29)26(32)33/h7,17-18,22,38H,2-6,8-14,37H2,1H3/t17?,18?,22-,29+/m1/s1. The van der Waals surface area contributed by atoms with E-state index in [-0.39, 0.29) is 60.1 Å². The van der Waals surface area contributed by atoms with Crippen LogP contribution in [0.1, 0.15) is 65.3 Å². The van der Waals surface area contributed by atoms with E-state index < -0.39 is 67.7 Å². The molecule has 5 aliphatic heterocycles. The number of aryl methyl sites for hydroxylation is 1. The highest BCUT2D eigenvalue weighted by Crippen LogP contribution is 2.47. The van der Waals surface area contributed by atoms with Gasteiger partial charge in [-0.05, 0) is 57.2 Å². The fourth-order valence-corrected chi connectivity index (χ4v) is 10.1. The number of alkyl halides is 3. The highest BCUT2D eigenvalue weighted by molar-refractivity contribution is 7.91. The molecule has 0 saturated carbocycles. The van der Waals surface area contributed by atoms with E-state index in [1.54, 1.807) is 0 Å². The Balaban J connectivity index is 1.30. The van der Waals surface area contributed by atoms with Crippen LogP contribution in [0.4, 0.5) is 37.8 Å². The Morgan fingerprint density at radius 1 is 1.20 bits per heavy atom. The average molecular weight is 673 g/mol. The zero-order valence-corrected chi connectivity index (χ0v) is 25.9. The maximum atomic E-state index is 15.5. The van der Waals surface area contributed by atoms with E-state index in [0.29, 0.717) is 31.9 Å². The normalized spacial score (nSPS) is 28.8. The summed E-state index contributed by atoms with van der Waals surface area (Å²) in [7, 11) is -4.41. The number of hydrogen-bond donors (Lipinski definition) is 2. The number of ether oxygens (including phenoxy) is 1. The van der Waals surface area contributed by atoms with Crippen LogP contribution in [0.2, 0.25) is 0 Å². The second-order valence-electron chi connectivity index (χ2n) is 13.3. The predicted molar refractivity (Wildman–Crippen MR) is 157 cm³/mol. The quantitative estimate of drug-likeness (QED) is 0.352. The maximum absolute atomic E-state index is 15.5. The number of benzene rings is 1. The van der Waals surface area contributed by atoms with Crippen molar-refractivity contribution in [3.63, 3.8) is 0 Å². The van der Waals surface area contributed by atoms with Crippen LogP contribution in [0.5, 0.6) is 6.01 Å². The molecule has 0 amide bonds. The number of piperazine rings is 1. The van der Waals surface area contributed by atoms with E-state index in [4.69, 9.17) is 10.5 Å². The minimum absolute atomic E-state index is 0.00218. The molecule has 2 unspecified atom stereocenters. The third kappa shape index (κ3) is 5.29. The number of nitrogens with one attached hydrogen (secondary N) is 1. The van der Waals surface area contributed by atoms with Crippen LogP contribution in [0.3, 0.4) is 0 Å². The summed E-state index contributed by atoms with van der Waals surface area (Å²) in [5, 5.41) is 1.59. The monoisotopic (exact) mass is 672 g/mol. The van der Waals surface area contributed by atoms with Crippen molar-refractivity contribution in [1.29, 1.82) is 0 Å². The van der Waals surface area contributed by atoms with Crippen molar-refractivity contribution >= 4 is 21.3 Å². The van der Waals surface area contributed by atoms with Crippen LogP contribution in [0, 0.1) is 12.7 Å². The summed E-state index contributed by atoms with van der Waals surface area (Å²) in [6, 6.07) is 1.01. The van der Waals surface area contributed by atoms with Crippen LogP contribution in [-0.4, -0.2) is 73.7 Å². The molecule has 46 heavy (non-hydrogen) atoms. The zero-order valence-electron chi connectivity index (χ0n) is 25.1. The number of halogens is 6. The van der Waals surface area contributed by atoms with Gasteiger partial charge in [0.05, 0.1) is 33.5 Å². The minimum atomic E-state index is -5.05. The lowest BCUT2D eigenvalue weighted by Crippen LogP contribution is -2.52. The van der Waals surface area contributed by atoms with Gasteiger partial charge in [0.15, 0.2) is 15.7 Å². The molecular weight excluding hydrogens is 638 g/mol. The van der Waals surface area contributed by atoms with Gasteiger partial charge in [-0.25, -0.2) is 12.8 Å². The number of nitrogens with two attached hydrogens (primary N) is 1. The molecule has 4 atom stereocenters.